The maximum Gasteiger partial charge on any atom is 0.321 e. The van der Waals surface area contributed by atoms with E-state index in [1.165, 1.54) is 11.3 Å². The Bertz CT molecular complexity index is 1020. The summed E-state index contributed by atoms with van der Waals surface area (Å²) >= 11 is 1.38. The number of nitrogens with one attached hydrogen (secondary N) is 2. The highest BCUT2D eigenvalue weighted by molar-refractivity contribution is 7.22. The molecule has 3 heterocycles. The number of likely N-dealkylation sites (N-methyl/N-ethyl adjacent to an activating group) is 1. The van der Waals surface area contributed by atoms with E-state index in [1.807, 2.05) is 54.4 Å². The number of hydrogen-bond acceptors (Lipinski definition) is 7. The summed E-state index contributed by atoms with van der Waals surface area (Å²) in [6.07, 6.45) is 0.941. The van der Waals surface area contributed by atoms with E-state index in [2.05, 4.69) is 32.3 Å². The highest BCUT2D eigenvalue weighted by Crippen LogP contribution is 2.28. The van der Waals surface area contributed by atoms with Gasteiger partial charge in [0.1, 0.15) is 16.2 Å². The van der Waals surface area contributed by atoms with Crippen LogP contribution in [-0.4, -0.2) is 78.7 Å². The van der Waals surface area contributed by atoms with Crippen LogP contribution in [0.25, 0.3) is 10.3 Å². The Morgan fingerprint density at radius 1 is 1.06 bits per heavy atom. The number of carbonyl (C=O) groups excluding carboxylic acids is 1. The monoisotopic (exact) mass is 453 g/mol. The SMILES string of the molecule is CCN1CCN(CCCNC(=O)Nc2nc3ccc(N(C)c4ccccc4)nc3s2)CC1. The van der Waals surface area contributed by atoms with Crippen molar-refractivity contribution in [3.63, 3.8) is 0 Å². The van der Waals surface area contributed by atoms with E-state index in [1.54, 1.807) is 0 Å². The number of carbonyl (C=O) groups is 1. The van der Waals surface area contributed by atoms with Gasteiger partial charge in [0.2, 0.25) is 0 Å². The Kier molecular flexibility index (Phi) is 7.51. The largest absolute Gasteiger partial charge is 0.338 e. The first-order valence-electron chi connectivity index (χ1n) is 11.2. The number of anilines is 3. The molecule has 0 aliphatic carbocycles. The van der Waals surface area contributed by atoms with Gasteiger partial charge < -0.3 is 20.0 Å². The van der Waals surface area contributed by atoms with Crippen LogP contribution >= 0.6 is 11.3 Å². The average molecular weight is 454 g/mol. The topological polar surface area (TPSA) is 76.6 Å². The zero-order valence-corrected chi connectivity index (χ0v) is 19.6. The van der Waals surface area contributed by atoms with Crippen molar-refractivity contribution in [3.8, 4) is 0 Å². The number of para-hydroxylation sites is 1. The fraction of sp³-hybridized carbons (Fsp3) is 0.435. The van der Waals surface area contributed by atoms with Crippen LogP contribution in [0, 0.1) is 0 Å². The van der Waals surface area contributed by atoms with Crippen LogP contribution in [0.15, 0.2) is 42.5 Å². The number of aromatic nitrogens is 2. The smallest absolute Gasteiger partial charge is 0.321 e. The third-order valence-corrected chi connectivity index (χ3v) is 6.68. The number of fused-ring (bicyclic) bond motifs is 1. The first-order valence-corrected chi connectivity index (χ1v) is 12.0. The number of nitrogens with zero attached hydrogens (tertiary/aromatic N) is 5. The zero-order chi connectivity index (χ0) is 22.3. The molecule has 0 radical (unpaired) electrons. The van der Waals surface area contributed by atoms with Crippen LogP contribution in [0.2, 0.25) is 0 Å². The molecule has 1 aliphatic rings. The van der Waals surface area contributed by atoms with Crippen molar-refractivity contribution in [2.24, 2.45) is 0 Å². The third kappa shape index (κ3) is 5.73. The maximum absolute atomic E-state index is 12.3. The number of hydrogen-bond donors (Lipinski definition) is 2. The lowest BCUT2D eigenvalue weighted by Crippen LogP contribution is -2.46. The quantitative estimate of drug-likeness (QED) is 0.508. The lowest BCUT2D eigenvalue weighted by molar-refractivity contribution is 0.136. The molecule has 0 unspecified atom stereocenters. The predicted molar refractivity (Wildman–Crippen MR) is 132 cm³/mol. The summed E-state index contributed by atoms with van der Waals surface area (Å²) in [6.45, 7) is 9.50. The van der Waals surface area contributed by atoms with Crippen molar-refractivity contribution in [2.45, 2.75) is 13.3 Å². The van der Waals surface area contributed by atoms with Crippen molar-refractivity contribution in [1.82, 2.24) is 25.1 Å². The van der Waals surface area contributed by atoms with Crippen LogP contribution in [0.5, 0.6) is 0 Å². The highest BCUT2D eigenvalue weighted by Gasteiger charge is 2.15. The summed E-state index contributed by atoms with van der Waals surface area (Å²) in [4.78, 5) is 29.3. The molecule has 8 nitrogen and oxygen atoms in total. The molecule has 1 fully saturated rings. The molecule has 4 rings (SSSR count). The van der Waals surface area contributed by atoms with Gasteiger partial charge in [0.15, 0.2) is 5.13 Å². The van der Waals surface area contributed by atoms with E-state index in [4.69, 9.17) is 4.98 Å². The average Bonchev–Trinajstić information content (AvgIpc) is 3.23. The number of rotatable bonds is 8. The summed E-state index contributed by atoms with van der Waals surface area (Å²) in [5, 5.41) is 6.34. The number of piperazine rings is 1. The van der Waals surface area contributed by atoms with Gasteiger partial charge in [-0.1, -0.05) is 36.5 Å². The lowest BCUT2D eigenvalue weighted by atomic mass is 10.3. The van der Waals surface area contributed by atoms with Gasteiger partial charge in [0.25, 0.3) is 0 Å². The molecule has 0 bridgehead atoms. The molecule has 2 aromatic heterocycles. The van der Waals surface area contributed by atoms with E-state index < -0.39 is 0 Å². The second-order valence-corrected chi connectivity index (χ2v) is 8.90. The molecular weight excluding hydrogens is 422 g/mol. The van der Waals surface area contributed by atoms with Crippen LogP contribution < -0.4 is 15.5 Å². The number of pyridine rings is 1. The van der Waals surface area contributed by atoms with Gasteiger partial charge in [-0.3, -0.25) is 5.32 Å². The van der Waals surface area contributed by atoms with Gasteiger partial charge in [-0.2, -0.15) is 0 Å². The first-order chi connectivity index (χ1) is 15.6. The summed E-state index contributed by atoms with van der Waals surface area (Å²) in [6, 6.07) is 13.7. The molecule has 1 aliphatic heterocycles. The van der Waals surface area contributed by atoms with E-state index in [9.17, 15) is 4.79 Å². The van der Waals surface area contributed by atoms with E-state index in [0.29, 0.717) is 11.7 Å². The van der Waals surface area contributed by atoms with Crippen molar-refractivity contribution in [3.05, 3.63) is 42.5 Å². The Morgan fingerprint density at radius 2 is 1.81 bits per heavy atom. The van der Waals surface area contributed by atoms with Crippen LogP contribution in [0.4, 0.5) is 21.4 Å². The summed E-state index contributed by atoms with van der Waals surface area (Å²) in [5.74, 6) is 0.836. The van der Waals surface area contributed by atoms with Crippen LogP contribution in [-0.2, 0) is 0 Å². The van der Waals surface area contributed by atoms with Crippen LogP contribution in [0.3, 0.4) is 0 Å². The minimum atomic E-state index is -0.221. The molecule has 2 N–H and O–H groups in total. The molecular formula is C23H31N7OS. The first kappa shape index (κ1) is 22.4. The summed E-state index contributed by atoms with van der Waals surface area (Å²) in [5.41, 5.74) is 1.84. The molecule has 2 amide bonds. The summed E-state index contributed by atoms with van der Waals surface area (Å²) < 4.78 is 0. The highest BCUT2D eigenvalue weighted by atomic mass is 32.1. The normalized spacial score (nSPS) is 15.1. The zero-order valence-electron chi connectivity index (χ0n) is 18.8. The summed E-state index contributed by atoms with van der Waals surface area (Å²) in [7, 11) is 1.99. The Balaban J connectivity index is 1.25. The molecule has 170 valence electrons. The Morgan fingerprint density at radius 3 is 2.56 bits per heavy atom. The molecule has 0 atom stereocenters. The van der Waals surface area contributed by atoms with Crippen LogP contribution in [0.1, 0.15) is 13.3 Å². The van der Waals surface area contributed by atoms with Gasteiger partial charge in [0.05, 0.1) is 0 Å². The van der Waals surface area contributed by atoms with Gasteiger partial charge in [-0.15, -0.1) is 0 Å². The van der Waals surface area contributed by atoms with Crippen molar-refractivity contribution in [2.75, 3.05) is 63.1 Å². The molecule has 9 heteroatoms. The van der Waals surface area contributed by atoms with Gasteiger partial charge in [-0.05, 0) is 43.8 Å². The number of benzene rings is 1. The Hall–Kier alpha value is -2.75. The molecule has 1 saturated heterocycles. The van der Waals surface area contributed by atoms with Crippen molar-refractivity contribution >= 4 is 44.4 Å². The van der Waals surface area contributed by atoms with E-state index >= 15 is 0 Å². The Labute approximate surface area is 193 Å². The fourth-order valence-electron chi connectivity index (χ4n) is 3.81. The number of thiazole rings is 1. The molecule has 0 spiro atoms. The van der Waals surface area contributed by atoms with Gasteiger partial charge in [-0.25, -0.2) is 14.8 Å². The van der Waals surface area contributed by atoms with Crippen molar-refractivity contribution < 1.29 is 4.79 Å². The van der Waals surface area contributed by atoms with Gasteiger partial charge >= 0.3 is 6.03 Å². The minimum Gasteiger partial charge on any atom is -0.338 e. The molecule has 32 heavy (non-hydrogen) atoms. The second kappa shape index (κ2) is 10.7. The van der Waals surface area contributed by atoms with Crippen molar-refractivity contribution in [1.29, 1.82) is 0 Å². The van der Waals surface area contributed by atoms with E-state index in [-0.39, 0.29) is 6.03 Å². The fourth-order valence-corrected chi connectivity index (χ4v) is 4.63. The molecule has 3 aromatic rings. The molecule has 1 aromatic carbocycles. The lowest BCUT2D eigenvalue weighted by Gasteiger charge is -2.33. The standard InChI is InChI=1S/C23H31N7OS/c1-3-29-14-16-30(17-15-29)13-7-12-24-22(31)27-23-25-19-10-11-20(26-21(19)32-23)28(2)18-8-5-4-6-9-18/h4-6,8-11H,3,7,12-17H2,1-2H3,(H2,24,25,27,31). The van der Waals surface area contributed by atoms with Gasteiger partial charge in [0, 0.05) is 45.5 Å². The predicted octanol–water partition coefficient (Wildman–Crippen LogP) is 3.61. The maximum atomic E-state index is 12.3. The number of urea groups is 1. The minimum absolute atomic E-state index is 0.221. The van der Waals surface area contributed by atoms with E-state index in [0.717, 1.165) is 67.5 Å². The third-order valence-electron chi connectivity index (χ3n) is 5.80. The second-order valence-electron chi connectivity index (χ2n) is 7.92. The molecule has 0 saturated carbocycles. The number of amides is 2.